The summed E-state index contributed by atoms with van der Waals surface area (Å²) in [5.41, 5.74) is 2.44. The summed E-state index contributed by atoms with van der Waals surface area (Å²) in [6, 6.07) is 10.5. The van der Waals surface area contributed by atoms with E-state index in [1.165, 1.54) is 0 Å². The van der Waals surface area contributed by atoms with Crippen molar-refractivity contribution in [3.63, 3.8) is 0 Å². The molecule has 1 saturated heterocycles. The molecule has 1 aromatic heterocycles. The lowest BCUT2D eigenvalue weighted by Gasteiger charge is -2.27. The van der Waals surface area contributed by atoms with Crippen LogP contribution >= 0.6 is 0 Å². The third-order valence-corrected chi connectivity index (χ3v) is 5.75. The van der Waals surface area contributed by atoms with E-state index in [9.17, 15) is 15.2 Å². The van der Waals surface area contributed by atoms with Crippen molar-refractivity contribution in [2.75, 3.05) is 47.5 Å². The van der Waals surface area contributed by atoms with Crippen molar-refractivity contribution in [3.05, 3.63) is 64.0 Å². The number of nitro groups is 1. The molecule has 0 radical (unpaired) electrons. The summed E-state index contributed by atoms with van der Waals surface area (Å²) in [6.45, 7) is 3.16. The summed E-state index contributed by atoms with van der Waals surface area (Å²) in [6.07, 6.45) is 3.51. The number of hydrogen-bond donors (Lipinski definition) is 1. The van der Waals surface area contributed by atoms with E-state index < -0.39 is 0 Å². The van der Waals surface area contributed by atoms with E-state index in [0.29, 0.717) is 47.7 Å². The predicted octanol–water partition coefficient (Wildman–Crippen LogP) is 3.62. The fourth-order valence-electron chi connectivity index (χ4n) is 4.14. The molecule has 0 saturated carbocycles. The van der Waals surface area contributed by atoms with Gasteiger partial charge in [-0.05, 0) is 42.5 Å². The average molecular weight is 453 g/mol. The van der Waals surface area contributed by atoms with Gasteiger partial charge in [-0.2, -0.15) is 0 Å². The third-order valence-electron chi connectivity index (χ3n) is 5.75. The minimum Gasteiger partial charge on any atom is -0.508 e. The lowest BCUT2D eigenvalue weighted by Crippen LogP contribution is -2.35. The number of methoxy groups -OCH3 is 1. The molecule has 9 heteroatoms. The maximum absolute atomic E-state index is 12.2. The number of fused-ring (bicyclic) bond motifs is 1. The van der Waals surface area contributed by atoms with Gasteiger partial charge < -0.3 is 24.0 Å². The number of nitrogens with zero attached hydrogens (tertiary/aromatic N) is 4. The van der Waals surface area contributed by atoms with Crippen molar-refractivity contribution in [2.45, 2.75) is 6.54 Å². The van der Waals surface area contributed by atoms with Crippen LogP contribution in [0.4, 0.5) is 5.69 Å². The smallest absolute Gasteiger partial charge is 0.302 e. The van der Waals surface area contributed by atoms with E-state index in [-0.39, 0.29) is 16.4 Å². The first kappa shape index (κ1) is 22.6. The molecule has 1 N–H and O–H groups in total. The Labute approximate surface area is 192 Å². The van der Waals surface area contributed by atoms with Gasteiger partial charge in [-0.25, -0.2) is 0 Å². The first-order valence-corrected chi connectivity index (χ1v) is 10.7. The third kappa shape index (κ3) is 4.50. The first-order chi connectivity index (χ1) is 15.9. The fraction of sp³-hybridized carbons (Fsp3) is 0.333. The molecule has 3 aromatic rings. The van der Waals surface area contributed by atoms with E-state index in [2.05, 4.69) is 4.90 Å². The van der Waals surface area contributed by atoms with Gasteiger partial charge in [0.05, 0.1) is 36.1 Å². The summed E-state index contributed by atoms with van der Waals surface area (Å²) < 4.78 is 12.6. The summed E-state index contributed by atoms with van der Waals surface area (Å²) in [5, 5.41) is 23.6. The second kappa shape index (κ2) is 9.51. The van der Waals surface area contributed by atoms with Crippen LogP contribution in [-0.2, 0) is 11.3 Å². The van der Waals surface area contributed by atoms with Crippen molar-refractivity contribution in [1.82, 2.24) is 14.4 Å². The van der Waals surface area contributed by atoms with Crippen molar-refractivity contribution >= 4 is 22.7 Å². The van der Waals surface area contributed by atoms with Crippen molar-refractivity contribution in [2.24, 2.45) is 0 Å². The van der Waals surface area contributed by atoms with Gasteiger partial charge in [0.1, 0.15) is 17.2 Å². The van der Waals surface area contributed by atoms with Gasteiger partial charge in [0.15, 0.2) is 0 Å². The second-order valence-electron chi connectivity index (χ2n) is 8.15. The average Bonchev–Trinajstić information content (AvgIpc) is 3.15. The molecule has 1 aliphatic rings. The number of benzene rings is 2. The molecule has 33 heavy (non-hydrogen) atoms. The molecule has 0 unspecified atom stereocenters. The molecule has 2 aromatic carbocycles. The van der Waals surface area contributed by atoms with E-state index in [1.807, 2.05) is 47.8 Å². The molecular weight excluding hydrogens is 424 g/mol. The summed E-state index contributed by atoms with van der Waals surface area (Å²) >= 11 is 0. The number of aromatic nitrogens is 1. The van der Waals surface area contributed by atoms with Gasteiger partial charge in [0.25, 0.3) is 0 Å². The highest BCUT2D eigenvalue weighted by Gasteiger charge is 2.29. The summed E-state index contributed by atoms with van der Waals surface area (Å²) in [7, 11) is 5.31. The minimum atomic E-state index is -0.354. The molecule has 0 atom stereocenters. The number of phenols is 1. The van der Waals surface area contributed by atoms with Crippen molar-refractivity contribution in [1.29, 1.82) is 0 Å². The zero-order chi connectivity index (χ0) is 23.5. The Morgan fingerprint density at radius 1 is 1.18 bits per heavy atom. The lowest BCUT2D eigenvalue weighted by molar-refractivity contribution is -0.383. The molecule has 1 fully saturated rings. The number of rotatable bonds is 7. The Bertz CT molecular complexity index is 1180. The second-order valence-corrected chi connectivity index (χ2v) is 8.15. The van der Waals surface area contributed by atoms with Crippen LogP contribution in [0.3, 0.4) is 0 Å². The van der Waals surface area contributed by atoms with Crippen molar-refractivity contribution < 1.29 is 19.5 Å². The lowest BCUT2D eigenvalue weighted by atomic mass is 10.1. The largest absolute Gasteiger partial charge is 0.508 e. The van der Waals surface area contributed by atoms with Crippen LogP contribution in [0.5, 0.6) is 11.5 Å². The van der Waals surface area contributed by atoms with Crippen LogP contribution < -0.4 is 4.74 Å². The molecule has 9 nitrogen and oxygen atoms in total. The highest BCUT2D eigenvalue weighted by atomic mass is 16.6. The normalized spacial score (nSPS) is 14.8. The van der Waals surface area contributed by atoms with Gasteiger partial charge >= 0.3 is 5.69 Å². The number of hydrogen-bond acceptors (Lipinski definition) is 7. The molecule has 0 spiro atoms. The topological polar surface area (TPSA) is 93.2 Å². The van der Waals surface area contributed by atoms with Crippen LogP contribution in [-0.4, -0.2) is 71.9 Å². The minimum absolute atomic E-state index is 0.00199. The summed E-state index contributed by atoms with van der Waals surface area (Å²) in [4.78, 5) is 15.9. The van der Waals surface area contributed by atoms with Crippen LogP contribution in [0.15, 0.2) is 42.6 Å². The molecule has 0 aliphatic carbocycles. The van der Waals surface area contributed by atoms with Gasteiger partial charge in [0.2, 0.25) is 0 Å². The van der Waals surface area contributed by atoms with Gasteiger partial charge in [-0.1, -0.05) is 0 Å². The zero-order valence-electron chi connectivity index (χ0n) is 19.0. The van der Waals surface area contributed by atoms with Crippen LogP contribution in [0.2, 0.25) is 0 Å². The van der Waals surface area contributed by atoms with E-state index in [0.717, 1.165) is 18.8 Å². The maximum atomic E-state index is 12.2. The van der Waals surface area contributed by atoms with Crippen LogP contribution in [0.25, 0.3) is 22.7 Å². The molecular formula is C24H28N4O5. The van der Waals surface area contributed by atoms with E-state index >= 15 is 0 Å². The molecule has 0 bridgehead atoms. The molecule has 2 heterocycles. The Hall–Kier alpha value is -3.56. The summed E-state index contributed by atoms with van der Waals surface area (Å²) in [5.74, 6) is 0.797. The van der Waals surface area contributed by atoms with Gasteiger partial charge in [0, 0.05) is 51.2 Å². The number of phenolic OH excluding ortho intramolecular Hbond substituents is 1. The predicted molar refractivity (Wildman–Crippen MR) is 127 cm³/mol. The fourth-order valence-corrected chi connectivity index (χ4v) is 4.14. The monoisotopic (exact) mass is 452 g/mol. The van der Waals surface area contributed by atoms with Gasteiger partial charge in [-0.3, -0.25) is 15.0 Å². The highest BCUT2D eigenvalue weighted by Crippen LogP contribution is 2.41. The van der Waals surface area contributed by atoms with Gasteiger partial charge in [-0.15, -0.1) is 0 Å². The standard InChI is InChI=1S/C24H28N4O5/c1-25(2)11-10-21-24(28(30)31)19-8-9-22(29)20(16-26-12-14-33-15-13-26)23(19)27(21)17-4-6-18(32-3)7-5-17/h4-11,29H,12-16H2,1-3H3. The molecule has 4 rings (SSSR count). The maximum Gasteiger partial charge on any atom is 0.302 e. The quantitative estimate of drug-likeness (QED) is 0.432. The van der Waals surface area contributed by atoms with E-state index in [4.69, 9.17) is 9.47 Å². The Morgan fingerprint density at radius 2 is 1.88 bits per heavy atom. The molecule has 174 valence electrons. The van der Waals surface area contributed by atoms with Crippen LogP contribution in [0.1, 0.15) is 11.3 Å². The number of morpholine rings is 1. The van der Waals surface area contributed by atoms with E-state index in [1.54, 1.807) is 31.5 Å². The first-order valence-electron chi connectivity index (χ1n) is 10.7. The zero-order valence-corrected chi connectivity index (χ0v) is 19.0. The number of aromatic hydroxyl groups is 1. The highest BCUT2D eigenvalue weighted by molar-refractivity contribution is 5.99. The molecule has 0 amide bonds. The Kier molecular flexibility index (Phi) is 6.52. The SMILES string of the molecule is COc1ccc(-n2c(C=CN(C)C)c([N+](=O)[O-])c3ccc(O)c(CN4CCOCC4)c32)cc1. The molecule has 1 aliphatic heterocycles. The Morgan fingerprint density at radius 3 is 2.48 bits per heavy atom. The van der Waals surface area contributed by atoms with Crippen molar-refractivity contribution in [3.8, 4) is 17.2 Å². The number of ether oxygens (including phenoxy) is 2. The van der Waals surface area contributed by atoms with Crippen LogP contribution in [0, 0.1) is 10.1 Å². The Balaban J connectivity index is 2.03.